The van der Waals surface area contributed by atoms with Crippen molar-refractivity contribution in [3.63, 3.8) is 0 Å². The number of fused-ring (bicyclic) bond motifs is 1. The molecule has 0 saturated carbocycles. The third-order valence-corrected chi connectivity index (χ3v) is 4.76. The number of aromatic nitrogens is 6. The van der Waals surface area contributed by atoms with Crippen molar-refractivity contribution < 1.29 is 4.74 Å². The summed E-state index contributed by atoms with van der Waals surface area (Å²) >= 11 is 1.50. The molecule has 3 aromatic rings. The molecular weight excluding hydrogens is 352 g/mol. The lowest BCUT2D eigenvalue weighted by Gasteiger charge is -2.26. The second kappa shape index (κ2) is 7.94. The van der Waals surface area contributed by atoms with Gasteiger partial charge in [-0.15, -0.1) is 0 Å². The van der Waals surface area contributed by atoms with Crippen LogP contribution in [0.25, 0.3) is 22.4 Å². The van der Waals surface area contributed by atoms with Gasteiger partial charge < -0.3 is 10.1 Å². The SMILES string of the molecule is CSc1nccc(-c2[nH]nc3nc(NCCN4CCOCC4)ncc23)n1. The molecule has 136 valence electrons. The second-order valence-electron chi connectivity index (χ2n) is 5.84. The van der Waals surface area contributed by atoms with Gasteiger partial charge >= 0.3 is 0 Å². The molecule has 1 aliphatic rings. The van der Waals surface area contributed by atoms with Crippen molar-refractivity contribution in [2.24, 2.45) is 0 Å². The van der Waals surface area contributed by atoms with Gasteiger partial charge in [-0.1, -0.05) is 11.8 Å². The zero-order chi connectivity index (χ0) is 17.8. The van der Waals surface area contributed by atoms with E-state index in [0.717, 1.165) is 56.2 Å². The number of nitrogens with zero attached hydrogens (tertiary/aromatic N) is 6. The first-order chi connectivity index (χ1) is 12.8. The lowest BCUT2D eigenvalue weighted by Crippen LogP contribution is -2.39. The van der Waals surface area contributed by atoms with Crippen LogP contribution in [0.2, 0.25) is 0 Å². The van der Waals surface area contributed by atoms with Crippen LogP contribution in [0, 0.1) is 0 Å². The van der Waals surface area contributed by atoms with Crippen LogP contribution in [-0.4, -0.2) is 80.7 Å². The lowest BCUT2D eigenvalue weighted by molar-refractivity contribution is 0.0398. The Bertz CT molecular complexity index is 880. The fourth-order valence-corrected chi connectivity index (χ4v) is 3.17. The maximum atomic E-state index is 5.36. The fraction of sp³-hybridized carbons (Fsp3) is 0.438. The van der Waals surface area contributed by atoms with Gasteiger partial charge in [-0.2, -0.15) is 10.1 Å². The predicted octanol–water partition coefficient (Wildman–Crippen LogP) is 1.28. The number of aromatic amines is 1. The summed E-state index contributed by atoms with van der Waals surface area (Å²) in [7, 11) is 0. The highest BCUT2D eigenvalue weighted by Crippen LogP contribution is 2.24. The zero-order valence-electron chi connectivity index (χ0n) is 14.5. The molecule has 4 heterocycles. The van der Waals surface area contributed by atoms with Gasteiger partial charge in [0.25, 0.3) is 0 Å². The summed E-state index contributed by atoms with van der Waals surface area (Å²) in [6.07, 6.45) is 5.46. The average Bonchev–Trinajstić information content (AvgIpc) is 3.12. The summed E-state index contributed by atoms with van der Waals surface area (Å²) in [5.74, 6) is 0.580. The van der Waals surface area contributed by atoms with Crippen LogP contribution in [0.4, 0.5) is 5.95 Å². The number of hydrogen-bond acceptors (Lipinski definition) is 9. The van der Waals surface area contributed by atoms with Crippen LogP contribution in [0.1, 0.15) is 0 Å². The Labute approximate surface area is 155 Å². The standard InChI is InChI=1S/C16H20N8OS/c1-26-16-18-3-2-12(20-16)13-11-10-19-15(21-14(11)23-22-13)17-4-5-24-6-8-25-9-7-24/h2-3,10H,4-9H2,1H3,(H2,17,19,21,22,23). The summed E-state index contributed by atoms with van der Waals surface area (Å²) in [6.45, 7) is 5.28. The van der Waals surface area contributed by atoms with Gasteiger partial charge in [0.15, 0.2) is 10.8 Å². The Morgan fingerprint density at radius 2 is 2.15 bits per heavy atom. The minimum Gasteiger partial charge on any atom is -0.379 e. The average molecular weight is 372 g/mol. The third kappa shape index (κ3) is 3.76. The van der Waals surface area contributed by atoms with Gasteiger partial charge in [-0.3, -0.25) is 10.00 Å². The second-order valence-corrected chi connectivity index (χ2v) is 6.61. The Morgan fingerprint density at radius 3 is 3.00 bits per heavy atom. The van der Waals surface area contributed by atoms with Gasteiger partial charge in [0.2, 0.25) is 5.95 Å². The zero-order valence-corrected chi connectivity index (χ0v) is 15.3. The topological polar surface area (TPSA) is 105 Å². The minimum absolute atomic E-state index is 0.580. The largest absolute Gasteiger partial charge is 0.379 e. The van der Waals surface area contributed by atoms with E-state index in [1.165, 1.54) is 11.8 Å². The fourth-order valence-electron chi connectivity index (χ4n) is 2.81. The van der Waals surface area contributed by atoms with Gasteiger partial charge in [0.05, 0.1) is 30.0 Å². The molecule has 0 spiro atoms. The molecule has 0 unspecified atom stereocenters. The van der Waals surface area contributed by atoms with E-state index in [2.05, 4.69) is 40.3 Å². The van der Waals surface area contributed by atoms with E-state index in [1.807, 2.05) is 12.3 Å². The van der Waals surface area contributed by atoms with Gasteiger partial charge in [0, 0.05) is 38.6 Å². The number of ether oxygens (including phenoxy) is 1. The molecule has 26 heavy (non-hydrogen) atoms. The quantitative estimate of drug-likeness (QED) is 0.489. The Kier molecular flexibility index (Phi) is 5.23. The number of thioether (sulfide) groups is 1. The molecule has 0 amide bonds. The maximum Gasteiger partial charge on any atom is 0.224 e. The van der Waals surface area contributed by atoms with Crippen molar-refractivity contribution >= 4 is 28.7 Å². The van der Waals surface area contributed by atoms with E-state index in [9.17, 15) is 0 Å². The first kappa shape index (κ1) is 17.1. The van der Waals surface area contributed by atoms with Crippen LogP contribution in [0.15, 0.2) is 23.6 Å². The molecule has 1 fully saturated rings. The Balaban J connectivity index is 1.46. The predicted molar refractivity (Wildman–Crippen MR) is 100 cm³/mol. The third-order valence-electron chi connectivity index (χ3n) is 4.20. The Morgan fingerprint density at radius 1 is 1.27 bits per heavy atom. The van der Waals surface area contributed by atoms with E-state index < -0.39 is 0 Å². The van der Waals surface area contributed by atoms with E-state index in [0.29, 0.717) is 16.8 Å². The number of rotatable bonds is 6. The first-order valence-electron chi connectivity index (χ1n) is 8.46. The lowest BCUT2D eigenvalue weighted by atomic mass is 10.2. The first-order valence-corrected chi connectivity index (χ1v) is 9.68. The van der Waals surface area contributed by atoms with Crippen LogP contribution < -0.4 is 5.32 Å². The van der Waals surface area contributed by atoms with Crippen molar-refractivity contribution in [3.8, 4) is 11.4 Å². The number of morpholine rings is 1. The maximum absolute atomic E-state index is 5.36. The molecule has 4 rings (SSSR count). The molecule has 3 aromatic heterocycles. The van der Waals surface area contributed by atoms with E-state index in [4.69, 9.17) is 4.74 Å². The summed E-state index contributed by atoms with van der Waals surface area (Å²) in [5, 5.41) is 12.1. The number of H-pyrrole nitrogens is 1. The highest BCUT2D eigenvalue weighted by molar-refractivity contribution is 7.98. The molecule has 2 N–H and O–H groups in total. The number of hydrogen-bond donors (Lipinski definition) is 2. The molecule has 9 nitrogen and oxygen atoms in total. The van der Waals surface area contributed by atoms with Gasteiger partial charge in [-0.25, -0.2) is 15.0 Å². The molecule has 0 aromatic carbocycles. The molecular formula is C16H20N8OS. The minimum atomic E-state index is 0.580. The number of nitrogens with one attached hydrogen (secondary N) is 2. The molecule has 0 radical (unpaired) electrons. The normalized spacial score (nSPS) is 15.4. The van der Waals surface area contributed by atoms with Crippen molar-refractivity contribution in [3.05, 3.63) is 18.5 Å². The number of anilines is 1. The monoisotopic (exact) mass is 372 g/mol. The molecule has 0 bridgehead atoms. The molecule has 1 aliphatic heterocycles. The molecule has 1 saturated heterocycles. The highest BCUT2D eigenvalue weighted by atomic mass is 32.2. The van der Waals surface area contributed by atoms with E-state index in [-0.39, 0.29) is 0 Å². The smallest absolute Gasteiger partial charge is 0.224 e. The summed E-state index contributed by atoms with van der Waals surface area (Å²) in [4.78, 5) is 20.0. The van der Waals surface area contributed by atoms with Crippen LogP contribution >= 0.6 is 11.8 Å². The van der Waals surface area contributed by atoms with Crippen LogP contribution in [-0.2, 0) is 4.74 Å². The highest BCUT2D eigenvalue weighted by Gasteiger charge is 2.13. The van der Waals surface area contributed by atoms with Crippen LogP contribution in [0.3, 0.4) is 0 Å². The van der Waals surface area contributed by atoms with Crippen molar-refractivity contribution in [2.45, 2.75) is 5.16 Å². The van der Waals surface area contributed by atoms with Gasteiger partial charge in [-0.05, 0) is 12.3 Å². The molecule has 0 aliphatic carbocycles. The van der Waals surface area contributed by atoms with Gasteiger partial charge in [0.1, 0.15) is 0 Å². The summed E-state index contributed by atoms with van der Waals surface area (Å²) in [6, 6.07) is 1.85. The molecule has 0 atom stereocenters. The van der Waals surface area contributed by atoms with E-state index >= 15 is 0 Å². The van der Waals surface area contributed by atoms with Crippen molar-refractivity contribution in [1.82, 2.24) is 35.0 Å². The van der Waals surface area contributed by atoms with Crippen LogP contribution in [0.5, 0.6) is 0 Å². The van der Waals surface area contributed by atoms with Crippen molar-refractivity contribution in [2.75, 3.05) is 51.0 Å². The summed E-state index contributed by atoms with van der Waals surface area (Å²) < 4.78 is 5.36. The summed E-state index contributed by atoms with van der Waals surface area (Å²) in [5.41, 5.74) is 2.20. The van der Waals surface area contributed by atoms with Crippen molar-refractivity contribution in [1.29, 1.82) is 0 Å². The van der Waals surface area contributed by atoms with E-state index in [1.54, 1.807) is 12.4 Å². The molecule has 10 heteroatoms. The Hall–Kier alpha value is -2.30.